The van der Waals surface area contributed by atoms with Crippen molar-refractivity contribution in [1.29, 1.82) is 0 Å². The molecule has 136 valence electrons. The number of ether oxygens (including phenoxy) is 1. The number of amides is 1. The fourth-order valence-electron chi connectivity index (χ4n) is 3.42. The third-order valence-corrected chi connectivity index (χ3v) is 6.29. The summed E-state index contributed by atoms with van der Waals surface area (Å²) in [5, 5.41) is 0. The Kier molecular flexibility index (Phi) is 4.37. The van der Waals surface area contributed by atoms with E-state index in [-0.39, 0.29) is 22.9 Å². The normalized spacial score (nSPS) is 24.4. The van der Waals surface area contributed by atoms with Crippen LogP contribution in [0.1, 0.15) is 23.2 Å². The highest BCUT2D eigenvalue weighted by Crippen LogP contribution is 2.31. The maximum absolute atomic E-state index is 12.7. The van der Waals surface area contributed by atoms with Crippen LogP contribution in [0.3, 0.4) is 0 Å². The van der Waals surface area contributed by atoms with Gasteiger partial charge in [0.1, 0.15) is 16.7 Å². The zero-order valence-electron chi connectivity index (χ0n) is 14.0. The number of nitrogens with zero attached hydrogens (tertiary/aromatic N) is 2. The van der Waals surface area contributed by atoms with Crippen molar-refractivity contribution in [2.75, 3.05) is 13.1 Å². The van der Waals surface area contributed by atoms with Gasteiger partial charge in [0.25, 0.3) is 5.91 Å². The third kappa shape index (κ3) is 3.17. The van der Waals surface area contributed by atoms with Crippen molar-refractivity contribution in [3.63, 3.8) is 0 Å². The third-order valence-electron chi connectivity index (χ3n) is 4.76. The lowest BCUT2D eigenvalue weighted by molar-refractivity contribution is 0.0755. The summed E-state index contributed by atoms with van der Waals surface area (Å²) in [6.45, 7) is 0.954. The van der Waals surface area contributed by atoms with Crippen LogP contribution in [0.4, 0.5) is 0 Å². The number of hydrogen-bond acceptors (Lipinski definition) is 5. The first-order valence-corrected chi connectivity index (χ1v) is 10.0. The average Bonchev–Trinajstić information content (AvgIpc) is 2.90. The van der Waals surface area contributed by atoms with Crippen LogP contribution < -0.4 is 9.46 Å². The van der Waals surface area contributed by atoms with Crippen molar-refractivity contribution >= 4 is 15.9 Å². The van der Waals surface area contributed by atoms with Crippen LogP contribution in [0.5, 0.6) is 5.75 Å². The zero-order valence-corrected chi connectivity index (χ0v) is 14.9. The number of nitrogens with one attached hydrogen (secondary N) is 1. The Morgan fingerprint density at radius 3 is 2.77 bits per heavy atom. The highest BCUT2D eigenvalue weighted by atomic mass is 32.2. The number of sulfonamides is 1. The topological polar surface area (TPSA) is 88.6 Å². The largest absolute Gasteiger partial charge is 0.487 e. The molecule has 0 saturated carbocycles. The minimum absolute atomic E-state index is 0.0992. The van der Waals surface area contributed by atoms with Gasteiger partial charge in [0.2, 0.25) is 10.0 Å². The molecule has 2 atom stereocenters. The van der Waals surface area contributed by atoms with E-state index >= 15 is 0 Å². The van der Waals surface area contributed by atoms with Crippen molar-refractivity contribution in [3.05, 3.63) is 54.4 Å². The molecule has 8 heteroatoms. The second kappa shape index (κ2) is 6.69. The Hall–Kier alpha value is -2.45. The molecule has 3 heterocycles. The van der Waals surface area contributed by atoms with Gasteiger partial charge < -0.3 is 9.64 Å². The number of likely N-dealkylation sites (tertiary alicyclic amines) is 1. The molecule has 0 unspecified atom stereocenters. The lowest BCUT2D eigenvalue weighted by Gasteiger charge is -2.22. The van der Waals surface area contributed by atoms with Crippen molar-refractivity contribution < 1.29 is 17.9 Å². The predicted octanol–water partition coefficient (Wildman–Crippen LogP) is 1.43. The van der Waals surface area contributed by atoms with E-state index in [0.29, 0.717) is 37.2 Å². The van der Waals surface area contributed by atoms with E-state index in [2.05, 4.69) is 9.71 Å². The van der Waals surface area contributed by atoms with E-state index in [1.807, 2.05) is 0 Å². The van der Waals surface area contributed by atoms with Crippen LogP contribution in [0.25, 0.3) is 0 Å². The predicted molar refractivity (Wildman–Crippen MR) is 94.3 cm³/mol. The molecular formula is C18H19N3O4S. The van der Waals surface area contributed by atoms with E-state index < -0.39 is 10.0 Å². The molecule has 7 nitrogen and oxygen atoms in total. The molecule has 1 amide bonds. The van der Waals surface area contributed by atoms with Crippen LogP contribution in [-0.4, -0.2) is 49.4 Å². The SMILES string of the molecule is O=C(c1cccnc1)N1CC[C@@H]2NS(=O)(=O)c3ccccc3O[C@H]2CC1. The molecule has 1 N–H and O–H groups in total. The smallest absolute Gasteiger partial charge is 0.255 e. The molecule has 26 heavy (non-hydrogen) atoms. The number of fused-ring (bicyclic) bond motifs is 2. The highest BCUT2D eigenvalue weighted by Gasteiger charge is 2.37. The van der Waals surface area contributed by atoms with Gasteiger partial charge in [-0.15, -0.1) is 0 Å². The van der Waals surface area contributed by atoms with Gasteiger partial charge in [-0.2, -0.15) is 0 Å². The van der Waals surface area contributed by atoms with Crippen LogP contribution in [0.15, 0.2) is 53.7 Å². The minimum Gasteiger partial charge on any atom is -0.487 e. The molecule has 1 saturated heterocycles. The molecule has 0 radical (unpaired) electrons. The summed E-state index contributed by atoms with van der Waals surface area (Å²) in [6, 6.07) is 9.72. The first kappa shape index (κ1) is 17.0. The Balaban J connectivity index is 1.57. The van der Waals surface area contributed by atoms with E-state index in [9.17, 15) is 13.2 Å². The van der Waals surface area contributed by atoms with Gasteiger partial charge in [0.15, 0.2) is 0 Å². The number of benzene rings is 1. The summed E-state index contributed by atoms with van der Waals surface area (Å²) in [5.41, 5.74) is 0.529. The van der Waals surface area contributed by atoms with E-state index in [4.69, 9.17) is 4.74 Å². The van der Waals surface area contributed by atoms with E-state index in [1.54, 1.807) is 53.7 Å². The van der Waals surface area contributed by atoms with E-state index in [0.717, 1.165) is 0 Å². The average molecular weight is 373 g/mol. The summed E-state index contributed by atoms with van der Waals surface area (Å²) >= 11 is 0. The number of rotatable bonds is 1. The lowest BCUT2D eigenvalue weighted by atomic mass is 10.1. The van der Waals surface area contributed by atoms with Gasteiger partial charge in [-0.1, -0.05) is 12.1 Å². The number of aromatic nitrogens is 1. The summed E-state index contributed by atoms with van der Waals surface area (Å²) in [5.74, 6) is 0.261. The van der Waals surface area contributed by atoms with Crippen LogP contribution >= 0.6 is 0 Å². The lowest BCUT2D eigenvalue weighted by Crippen LogP contribution is -2.43. The molecule has 1 aromatic carbocycles. The minimum atomic E-state index is -3.64. The molecule has 1 fully saturated rings. The Labute approximate surface area is 152 Å². The van der Waals surface area contributed by atoms with E-state index in [1.165, 1.54) is 0 Å². The number of pyridine rings is 1. The van der Waals surface area contributed by atoms with Crippen LogP contribution in [0.2, 0.25) is 0 Å². The van der Waals surface area contributed by atoms with Gasteiger partial charge in [0, 0.05) is 31.9 Å². The number of para-hydroxylation sites is 1. The van der Waals surface area contributed by atoms with Gasteiger partial charge in [0.05, 0.1) is 11.6 Å². The molecule has 0 aliphatic carbocycles. The zero-order chi connectivity index (χ0) is 18.1. The molecule has 1 aromatic heterocycles. The molecule has 2 aliphatic rings. The van der Waals surface area contributed by atoms with Crippen molar-refractivity contribution in [1.82, 2.24) is 14.6 Å². The van der Waals surface area contributed by atoms with Gasteiger partial charge in [-0.05, 0) is 30.7 Å². The molecule has 4 rings (SSSR count). The van der Waals surface area contributed by atoms with Crippen molar-refractivity contribution in [2.24, 2.45) is 0 Å². The monoisotopic (exact) mass is 373 g/mol. The summed E-state index contributed by atoms with van der Waals surface area (Å²) < 4.78 is 34.0. The molecular weight excluding hydrogens is 354 g/mol. The van der Waals surface area contributed by atoms with Crippen molar-refractivity contribution in [2.45, 2.75) is 29.9 Å². The first-order chi connectivity index (χ1) is 12.5. The van der Waals surface area contributed by atoms with Gasteiger partial charge in [-0.3, -0.25) is 9.78 Å². The number of carbonyl (C=O) groups is 1. The summed E-state index contributed by atoms with van der Waals surface area (Å²) in [4.78, 5) is 18.5. The maximum atomic E-state index is 12.7. The molecule has 2 aromatic rings. The second-order valence-electron chi connectivity index (χ2n) is 6.44. The molecule has 0 spiro atoms. The number of hydrogen-bond donors (Lipinski definition) is 1. The Morgan fingerprint density at radius 2 is 1.96 bits per heavy atom. The Morgan fingerprint density at radius 1 is 1.15 bits per heavy atom. The fraction of sp³-hybridized carbons (Fsp3) is 0.333. The molecule has 2 aliphatic heterocycles. The highest BCUT2D eigenvalue weighted by molar-refractivity contribution is 7.89. The maximum Gasteiger partial charge on any atom is 0.255 e. The van der Waals surface area contributed by atoms with Gasteiger partial charge in [-0.25, -0.2) is 13.1 Å². The molecule has 0 bridgehead atoms. The standard InChI is InChI=1S/C18H19N3O4S/c22-18(13-4-3-9-19-12-13)21-10-7-14-15(8-11-21)25-16-5-1-2-6-17(16)26(23,24)20-14/h1-6,9,12,14-15,20H,7-8,10-11H2/t14-,15-/m0/s1. The van der Waals surface area contributed by atoms with Crippen LogP contribution in [-0.2, 0) is 10.0 Å². The first-order valence-electron chi connectivity index (χ1n) is 8.52. The summed E-state index contributed by atoms with van der Waals surface area (Å²) in [7, 11) is -3.64. The fourth-order valence-corrected chi connectivity index (χ4v) is 4.86. The summed E-state index contributed by atoms with van der Waals surface area (Å²) in [6.07, 6.45) is 3.88. The quantitative estimate of drug-likeness (QED) is 0.817. The number of carbonyl (C=O) groups excluding carboxylic acids is 1. The second-order valence-corrected chi connectivity index (χ2v) is 8.12. The van der Waals surface area contributed by atoms with Crippen molar-refractivity contribution in [3.8, 4) is 5.75 Å². The van der Waals surface area contributed by atoms with Gasteiger partial charge >= 0.3 is 0 Å². The van der Waals surface area contributed by atoms with Crippen LogP contribution in [0, 0.1) is 0 Å². The Bertz CT molecular complexity index is 917.